The second-order valence-corrected chi connectivity index (χ2v) is 8.81. The number of carbonyl (C=O) groups excluding carboxylic acids is 1. The Hall–Kier alpha value is -3.25. The Morgan fingerprint density at radius 1 is 1.29 bits per heavy atom. The molecule has 0 spiro atoms. The molecule has 0 radical (unpaired) electrons. The van der Waals surface area contributed by atoms with Crippen LogP contribution in [-0.2, 0) is 21.8 Å². The number of rotatable bonds is 6. The van der Waals surface area contributed by atoms with Crippen LogP contribution in [0.3, 0.4) is 0 Å². The van der Waals surface area contributed by atoms with Crippen molar-refractivity contribution in [3.8, 4) is 11.4 Å². The molecule has 0 aliphatic carbocycles. The molecule has 2 N–H and O–H groups in total. The molecule has 0 saturated carbocycles. The third-order valence-electron chi connectivity index (χ3n) is 4.13. The lowest BCUT2D eigenvalue weighted by molar-refractivity contribution is 0.119. The molecule has 0 aliphatic rings. The summed E-state index contributed by atoms with van der Waals surface area (Å²) in [6, 6.07) is 6.46. The number of aryl methyl sites for hydroxylation is 2. The Labute approximate surface area is 183 Å². The van der Waals surface area contributed by atoms with Gasteiger partial charge in [-0.25, -0.2) is 22.9 Å². The number of sulfonamides is 1. The van der Waals surface area contributed by atoms with E-state index in [0.717, 1.165) is 6.26 Å². The molecular weight excluding hydrogens is 446 g/mol. The summed E-state index contributed by atoms with van der Waals surface area (Å²) in [5, 5.41) is 11.0. The van der Waals surface area contributed by atoms with Crippen LogP contribution in [0.5, 0.6) is 0 Å². The first-order chi connectivity index (χ1) is 14.5. The Bertz CT molecular complexity index is 1230. The van der Waals surface area contributed by atoms with Gasteiger partial charge in [0.1, 0.15) is 6.10 Å². The van der Waals surface area contributed by atoms with Crippen LogP contribution < -0.4 is 10.0 Å². The summed E-state index contributed by atoms with van der Waals surface area (Å²) in [6.07, 6.45) is 1.15. The van der Waals surface area contributed by atoms with Crippen molar-refractivity contribution >= 4 is 39.2 Å². The highest BCUT2D eigenvalue weighted by molar-refractivity contribution is 7.92. The molecule has 3 aromatic rings. The van der Waals surface area contributed by atoms with Crippen LogP contribution in [-0.4, -0.2) is 45.7 Å². The third-order valence-corrected chi connectivity index (χ3v) is 5.04. The third kappa shape index (κ3) is 5.47. The Balaban J connectivity index is 1.80. The number of hydrogen-bond acceptors (Lipinski definition) is 8. The van der Waals surface area contributed by atoms with Gasteiger partial charge < -0.3 is 4.74 Å². The average molecular weight is 466 g/mol. The van der Waals surface area contributed by atoms with Gasteiger partial charge in [-0.1, -0.05) is 16.8 Å². The smallest absolute Gasteiger partial charge is 0.413 e. The van der Waals surface area contributed by atoms with Crippen molar-refractivity contribution in [3.05, 3.63) is 46.9 Å². The van der Waals surface area contributed by atoms with Crippen molar-refractivity contribution in [2.45, 2.75) is 20.0 Å². The fraction of sp³-hybridized carbons (Fsp3) is 0.278. The highest BCUT2D eigenvalue weighted by atomic mass is 35.5. The van der Waals surface area contributed by atoms with Crippen molar-refractivity contribution in [1.29, 1.82) is 0 Å². The second-order valence-electron chi connectivity index (χ2n) is 6.66. The predicted octanol–water partition coefficient (Wildman–Crippen LogP) is 2.92. The van der Waals surface area contributed by atoms with Gasteiger partial charge in [-0.05, 0) is 38.1 Å². The second kappa shape index (κ2) is 8.86. The molecule has 11 nitrogen and oxygen atoms in total. The largest absolute Gasteiger partial charge is 0.440 e. The molecule has 0 aromatic carbocycles. The monoisotopic (exact) mass is 465 g/mol. The number of hydrogen-bond donors (Lipinski definition) is 2. The molecule has 164 valence electrons. The fourth-order valence-corrected chi connectivity index (χ4v) is 3.60. The number of anilines is 2. The van der Waals surface area contributed by atoms with Gasteiger partial charge in [-0.15, -0.1) is 5.10 Å². The molecule has 13 heteroatoms. The molecular formula is C18H20ClN7O4S. The van der Waals surface area contributed by atoms with E-state index >= 15 is 0 Å². The van der Waals surface area contributed by atoms with Crippen LogP contribution in [0.4, 0.5) is 16.3 Å². The van der Waals surface area contributed by atoms with E-state index in [-0.39, 0.29) is 11.5 Å². The number of pyridine rings is 2. The van der Waals surface area contributed by atoms with E-state index in [0.29, 0.717) is 27.8 Å². The van der Waals surface area contributed by atoms with Crippen molar-refractivity contribution in [2.24, 2.45) is 7.05 Å². The Morgan fingerprint density at radius 2 is 2.03 bits per heavy atom. The summed E-state index contributed by atoms with van der Waals surface area (Å²) < 4.78 is 32.0. The SMILES string of the molecule is Cc1nc(-c2nnn(C)c2NC(=O)OC(C)c2ncccc2Cl)ccc1NS(C)(=O)=O. The number of amides is 1. The summed E-state index contributed by atoms with van der Waals surface area (Å²) in [6.45, 7) is 3.29. The normalized spacial score (nSPS) is 12.3. The highest BCUT2D eigenvalue weighted by Gasteiger charge is 2.21. The van der Waals surface area contributed by atoms with Gasteiger partial charge in [0.25, 0.3) is 0 Å². The van der Waals surface area contributed by atoms with Gasteiger partial charge in [-0.3, -0.25) is 15.0 Å². The van der Waals surface area contributed by atoms with Crippen molar-refractivity contribution in [1.82, 2.24) is 25.0 Å². The van der Waals surface area contributed by atoms with Gasteiger partial charge in [0.2, 0.25) is 10.0 Å². The lowest BCUT2D eigenvalue weighted by atomic mass is 10.2. The van der Waals surface area contributed by atoms with E-state index in [1.54, 1.807) is 51.4 Å². The topological polar surface area (TPSA) is 141 Å². The summed E-state index contributed by atoms with van der Waals surface area (Å²) in [4.78, 5) is 20.9. The maximum absolute atomic E-state index is 12.4. The Morgan fingerprint density at radius 3 is 2.68 bits per heavy atom. The van der Waals surface area contributed by atoms with E-state index in [2.05, 4.69) is 30.3 Å². The van der Waals surface area contributed by atoms with E-state index in [4.69, 9.17) is 16.3 Å². The molecule has 0 aliphatic heterocycles. The number of nitrogens with zero attached hydrogens (tertiary/aromatic N) is 5. The zero-order valence-corrected chi connectivity index (χ0v) is 18.7. The maximum Gasteiger partial charge on any atom is 0.413 e. The zero-order chi connectivity index (χ0) is 22.8. The first kappa shape index (κ1) is 22.4. The van der Waals surface area contributed by atoms with Crippen molar-refractivity contribution < 1.29 is 17.9 Å². The highest BCUT2D eigenvalue weighted by Crippen LogP contribution is 2.27. The van der Waals surface area contributed by atoms with E-state index in [1.807, 2.05) is 0 Å². The van der Waals surface area contributed by atoms with E-state index in [1.165, 1.54) is 4.68 Å². The summed E-state index contributed by atoms with van der Waals surface area (Å²) in [7, 11) is -1.85. The van der Waals surface area contributed by atoms with Crippen molar-refractivity contribution in [3.63, 3.8) is 0 Å². The van der Waals surface area contributed by atoms with Crippen LogP contribution in [0.15, 0.2) is 30.5 Å². The number of carbonyl (C=O) groups is 1. The molecule has 1 unspecified atom stereocenters. The van der Waals surface area contributed by atoms with Gasteiger partial charge in [0.15, 0.2) is 11.5 Å². The molecule has 1 atom stereocenters. The van der Waals surface area contributed by atoms with Gasteiger partial charge >= 0.3 is 6.09 Å². The fourth-order valence-electron chi connectivity index (χ4n) is 2.71. The van der Waals surface area contributed by atoms with Crippen molar-refractivity contribution in [2.75, 3.05) is 16.3 Å². The molecule has 0 saturated heterocycles. The average Bonchev–Trinajstić information content (AvgIpc) is 3.03. The lowest BCUT2D eigenvalue weighted by Gasteiger charge is -2.15. The molecule has 1 amide bonds. The first-order valence-electron chi connectivity index (χ1n) is 8.98. The quantitative estimate of drug-likeness (QED) is 0.566. The van der Waals surface area contributed by atoms with Gasteiger partial charge in [0, 0.05) is 13.2 Å². The molecule has 3 rings (SSSR count). The molecule has 0 fully saturated rings. The van der Waals surface area contributed by atoms with Crippen LogP contribution in [0.2, 0.25) is 5.02 Å². The minimum atomic E-state index is -3.44. The van der Waals surface area contributed by atoms with Crippen LogP contribution in [0, 0.1) is 6.92 Å². The van der Waals surface area contributed by atoms with Gasteiger partial charge in [-0.2, -0.15) is 0 Å². The zero-order valence-electron chi connectivity index (χ0n) is 17.1. The van der Waals surface area contributed by atoms with Crippen LogP contribution in [0.25, 0.3) is 11.4 Å². The predicted molar refractivity (Wildman–Crippen MR) is 115 cm³/mol. The van der Waals surface area contributed by atoms with Crippen LogP contribution >= 0.6 is 11.6 Å². The number of halogens is 1. The van der Waals surface area contributed by atoms with Crippen LogP contribution in [0.1, 0.15) is 24.4 Å². The molecule has 31 heavy (non-hydrogen) atoms. The number of ether oxygens (including phenoxy) is 1. The Kier molecular flexibility index (Phi) is 6.41. The lowest BCUT2D eigenvalue weighted by Crippen LogP contribution is -2.19. The van der Waals surface area contributed by atoms with E-state index in [9.17, 15) is 13.2 Å². The number of nitrogens with one attached hydrogen (secondary N) is 2. The summed E-state index contributed by atoms with van der Waals surface area (Å²) in [5.74, 6) is 0.250. The number of aromatic nitrogens is 5. The summed E-state index contributed by atoms with van der Waals surface area (Å²) >= 11 is 6.09. The molecule has 0 bridgehead atoms. The standard InChI is InChI=1S/C18H20ClN7O4S/c1-10-13(24-31(4,28)29)7-8-14(21-10)16-17(26(3)25-23-16)22-18(27)30-11(2)15-12(19)6-5-9-20-15/h5-9,11,24H,1-4H3,(H,22,27). The minimum absolute atomic E-state index is 0.250. The van der Waals surface area contributed by atoms with Gasteiger partial charge in [0.05, 0.1) is 34.0 Å². The summed E-state index contributed by atoms with van der Waals surface area (Å²) in [5.41, 5.74) is 1.87. The maximum atomic E-state index is 12.4. The molecule has 3 aromatic heterocycles. The first-order valence-corrected chi connectivity index (χ1v) is 11.3. The minimum Gasteiger partial charge on any atom is -0.440 e. The molecule has 3 heterocycles. The van der Waals surface area contributed by atoms with E-state index < -0.39 is 22.2 Å².